The zero-order valence-corrected chi connectivity index (χ0v) is 15.7. The molecule has 0 aromatic heterocycles. The predicted molar refractivity (Wildman–Crippen MR) is 107 cm³/mol. The van der Waals surface area contributed by atoms with E-state index < -0.39 is 0 Å². The molecule has 1 aliphatic rings. The molecule has 1 heterocycles. The number of amides is 1. The van der Waals surface area contributed by atoms with E-state index in [1.54, 1.807) is 0 Å². The van der Waals surface area contributed by atoms with Gasteiger partial charge in [-0.3, -0.25) is 9.69 Å². The highest BCUT2D eigenvalue weighted by Crippen LogP contribution is 2.15. The Kier molecular flexibility index (Phi) is 6.81. The number of carbonyl (C=O) groups is 1. The number of piperazine rings is 1. The molecule has 0 N–H and O–H groups in total. The van der Waals surface area contributed by atoms with Gasteiger partial charge in [-0.2, -0.15) is 0 Å². The molecule has 0 saturated carbocycles. The van der Waals surface area contributed by atoms with Crippen LogP contribution < -0.4 is 4.90 Å². The van der Waals surface area contributed by atoms with Gasteiger partial charge in [0.25, 0.3) is 0 Å². The van der Waals surface area contributed by atoms with Crippen LogP contribution in [-0.4, -0.2) is 55.0 Å². The molecule has 0 unspecified atom stereocenters. The van der Waals surface area contributed by atoms with Gasteiger partial charge in [0.15, 0.2) is 0 Å². The minimum absolute atomic E-state index is 0.213. The lowest BCUT2D eigenvalue weighted by molar-refractivity contribution is -0.119. The van der Waals surface area contributed by atoms with E-state index in [9.17, 15) is 4.79 Å². The molecule has 2 aromatic rings. The van der Waals surface area contributed by atoms with Crippen LogP contribution in [0.15, 0.2) is 60.7 Å². The molecule has 2 aromatic carbocycles. The third-order valence-corrected chi connectivity index (χ3v) is 5.04. The van der Waals surface area contributed by atoms with Crippen LogP contribution in [0.1, 0.15) is 18.9 Å². The number of rotatable bonds is 7. The maximum atomic E-state index is 12.6. The molecule has 26 heavy (non-hydrogen) atoms. The molecule has 0 atom stereocenters. The lowest BCUT2D eigenvalue weighted by atomic mass is 10.2. The van der Waals surface area contributed by atoms with Crippen LogP contribution in [0, 0.1) is 0 Å². The zero-order valence-electron chi connectivity index (χ0n) is 15.7. The lowest BCUT2D eigenvalue weighted by Crippen LogP contribution is -2.47. The van der Waals surface area contributed by atoms with Crippen molar-refractivity contribution in [3.8, 4) is 0 Å². The van der Waals surface area contributed by atoms with Crippen molar-refractivity contribution in [3.63, 3.8) is 0 Å². The highest BCUT2D eigenvalue weighted by molar-refractivity contribution is 5.93. The van der Waals surface area contributed by atoms with Gasteiger partial charge in [-0.05, 0) is 24.6 Å². The summed E-state index contributed by atoms with van der Waals surface area (Å²) < 4.78 is 0. The average molecular weight is 351 g/mol. The average Bonchev–Trinajstić information content (AvgIpc) is 2.70. The van der Waals surface area contributed by atoms with Crippen molar-refractivity contribution in [2.75, 3.05) is 44.2 Å². The van der Waals surface area contributed by atoms with E-state index >= 15 is 0 Å². The minimum atomic E-state index is 0.213. The zero-order chi connectivity index (χ0) is 18.2. The summed E-state index contributed by atoms with van der Waals surface area (Å²) in [6.07, 6.45) is 0.585. The van der Waals surface area contributed by atoms with Crippen LogP contribution in [-0.2, 0) is 11.3 Å². The van der Waals surface area contributed by atoms with E-state index in [2.05, 4.69) is 40.1 Å². The van der Waals surface area contributed by atoms with Crippen LogP contribution in [0.4, 0.5) is 5.69 Å². The van der Waals surface area contributed by atoms with Crippen molar-refractivity contribution in [1.29, 1.82) is 0 Å². The fourth-order valence-corrected chi connectivity index (χ4v) is 3.51. The molecule has 0 radical (unpaired) electrons. The molecule has 4 heteroatoms. The SMILES string of the molecule is CCN(C(=O)CCN1CCN(Cc2ccccc2)CC1)c1ccccc1. The lowest BCUT2D eigenvalue weighted by Gasteiger charge is -2.35. The van der Waals surface area contributed by atoms with Crippen LogP contribution in [0.3, 0.4) is 0 Å². The second kappa shape index (κ2) is 9.51. The van der Waals surface area contributed by atoms with Gasteiger partial charge in [0.1, 0.15) is 0 Å². The summed E-state index contributed by atoms with van der Waals surface area (Å²) >= 11 is 0. The molecule has 138 valence electrons. The van der Waals surface area contributed by atoms with Gasteiger partial charge in [0.05, 0.1) is 0 Å². The monoisotopic (exact) mass is 351 g/mol. The molecular formula is C22H29N3O. The number of para-hydroxylation sites is 1. The maximum absolute atomic E-state index is 12.6. The Bertz CT molecular complexity index is 666. The number of carbonyl (C=O) groups excluding carboxylic acids is 1. The molecule has 3 rings (SSSR count). The third-order valence-electron chi connectivity index (χ3n) is 5.04. The van der Waals surface area contributed by atoms with Gasteiger partial charge in [-0.15, -0.1) is 0 Å². The van der Waals surface area contributed by atoms with Crippen LogP contribution >= 0.6 is 0 Å². The highest BCUT2D eigenvalue weighted by atomic mass is 16.2. The number of hydrogen-bond donors (Lipinski definition) is 0. The number of anilines is 1. The second-order valence-corrected chi connectivity index (χ2v) is 6.83. The molecule has 1 aliphatic heterocycles. The molecule has 1 saturated heterocycles. The second-order valence-electron chi connectivity index (χ2n) is 6.83. The first-order valence-electron chi connectivity index (χ1n) is 9.60. The molecule has 0 spiro atoms. The Labute approximate surface area is 157 Å². The summed E-state index contributed by atoms with van der Waals surface area (Å²) in [4.78, 5) is 19.4. The van der Waals surface area contributed by atoms with E-state index in [1.807, 2.05) is 42.2 Å². The molecule has 1 fully saturated rings. The van der Waals surface area contributed by atoms with Crippen LogP contribution in [0.25, 0.3) is 0 Å². The van der Waals surface area contributed by atoms with Gasteiger partial charge in [-0.1, -0.05) is 48.5 Å². The summed E-state index contributed by atoms with van der Waals surface area (Å²) in [6, 6.07) is 20.6. The first kappa shape index (κ1) is 18.6. The van der Waals surface area contributed by atoms with E-state index in [0.29, 0.717) is 13.0 Å². The largest absolute Gasteiger partial charge is 0.313 e. The smallest absolute Gasteiger partial charge is 0.228 e. The normalized spacial score (nSPS) is 15.7. The highest BCUT2D eigenvalue weighted by Gasteiger charge is 2.19. The van der Waals surface area contributed by atoms with E-state index in [4.69, 9.17) is 0 Å². The third kappa shape index (κ3) is 5.16. The first-order valence-corrected chi connectivity index (χ1v) is 9.60. The Morgan fingerprint density at radius 1 is 0.885 bits per heavy atom. The van der Waals surface area contributed by atoms with Gasteiger partial charge in [0.2, 0.25) is 5.91 Å². The summed E-state index contributed by atoms with van der Waals surface area (Å²) in [5.74, 6) is 0.213. The van der Waals surface area contributed by atoms with Gasteiger partial charge < -0.3 is 9.80 Å². The van der Waals surface area contributed by atoms with E-state index in [0.717, 1.165) is 45.0 Å². The predicted octanol–water partition coefficient (Wildman–Crippen LogP) is 3.25. The van der Waals surface area contributed by atoms with Gasteiger partial charge in [-0.25, -0.2) is 0 Å². The van der Waals surface area contributed by atoms with Crippen LogP contribution in [0.2, 0.25) is 0 Å². The topological polar surface area (TPSA) is 26.8 Å². The standard InChI is InChI=1S/C22H29N3O/c1-2-25(21-11-7-4-8-12-21)22(26)13-14-23-15-17-24(18-16-23)19-20-9-5-3-6-10-20/h3-12H,2,13-19H2,1H3. The number of benzene rings is 2. The fraction of sp³-hybridized carbons (Fsp3) is 0.409. The summed E-state index contributed by atoms with van der Waals surface area (Å²) in [6.45, 7) is 8.83. The summed E-state index contributed by atoms with van der Waals surface area (Å²) in [5, 5.41) is 0. The Hall–Kier alpha value is -2.17. The molecule has 0 aliphatic carbocycles. The van der Waals surface area contributed by atoms with Crippen molar-refractivity contribution >= 4 is 11.6 Å². The Morgan fingerprint density at radius 3 is 2.08 bits per heavy atom. The number of hydrogen-bond acceptors (Lipinski definition) is 3. The Morgan fingerprint density at radius 2 is 1.46 bits per heavy atom. The van der Waals surface area contributed by atoms with Gasteiger partial charge >= 0.3 is 0 Å². The maximum Gasteiger partial charge on any atom is 0.228 e. The van der Waals surface area contributed by atoms with E-state index in [-0.39, 0.29) is 5.91 Å². The summed E-state index contributed by atoms with van der Waals surface area (Å²) in [7, 11) is 0. The fourth-order valence-electron chi connectivity index (χ4n) is 3.51. The van der Waals surface area contributed by atoms with Crippen molar-refractivity contribution < 1.29 is 4.79 Å². The summed E-state index contributed by atoms with van der Waals surface area (Å²) in [5.41, 5.74) is 2.37. The molecule has 1 amide bonds. The van der Waals surface area contributed by atoms with Crippen molar-refractivity contribution in [1.82, 2.24) is 9.80 Å². The Balaban J connectivity index is 1.42. The molecule has 0 bridgehead atoms. The molecule has 4 nitrogen and oxygen atoms in total. The first-order chi connectivity index (χ1) is 12.8. The minimum Gasteiger partial charge on any atom is -0.313 e. The number of nitrogens with zero attached hydrogens (tertiary/aromatic N) is 3. The van der Waals surface area contributed by atoms with Crippen molar-refractivity contribution in [3.05, 3.63) is 66.2 Å². The van der Waals surface area contributed by atoms with E-state index in [1.165, 1.54) is 5.56 Å². The van der Waals surface area contributed by atoms with Crippen molar-refractivity contribution in [2.24, 2.45) is 0 Å². The van der Waals surface area contributed by atoms with Gasteiger partial charge in [0, 0.05) is 57.9 Å². The molecular weight excluding hydrogens is 322 g/mol. The van der Waals surface area contributed by atoms with Crippen LogP contribution in [0.5, 0.6) is 0 Å². The quantitative estimate of drug-likeness (QED) is 0.766. The van der Waals surface area contributed by atoms with Crippen molar-refractivity contribution in [2.45, 2.75) is 19.9 Å².